The lowest BCUT2D eigenvalue weighted by Crippen LogP contribution is -2.37. The number of likely N-dealkylation sites (tertiary alicyclic amines) is 1. The van der Waals surface area contributed by atoms with Crippen molar-refractivity contribution < 1.29 is 14.4 Å². The molecule has 1 fully saturated rings. The van der Waals surface area contributed by atoms with Gasteiger partial charge in [-0.2, -0.15) is 0 Å². The van der Waals surface area contributed by atoms with Crippen LogP contribution in [0.15, 0.2) is 0 Å². The Labute approximate surface area is 152 Å². The fraction of sp³-hybridized carbons (Fsp3) is 0.850. The number of nitrogens with zero attached hydrogens (tertiary/aromatic N) is 1. The summed E-state index contributed by atoms with van der Waals surface area (Å²) >= 11 is 0. The Morgan fingerprint density at radius 3 is 1.84 bits per heavy atom. The van der Waals surface area contributed by atoms with Crippen molar-refractivity contribution >= 4 is 17.7 Å². The van der Waals surface area contributed by atoms with E-state index in [4.69, 9.17) is 0 Å². The van der Waals surface area contributed by atoms with Crippen LogP contribution in [0.25, 0.3) is 0 Å². The summed E-state index contributed by atoms with van der Waals surface area (Å²) in [4.78, 5) is 35.9. The SMILES string of the molecule is CCCCCCCCCCCCCC(=O)NCCN1C(=O)CCC1=O. The number of hydrogen-bond acceptors (Lipinski definition) is 3. The molecule has 0 radical (unpaired) electrons. The Bertz CT molecular complexity index is 394. The van der Waals surface area contributed by atoms with Gasteiger partial charge in [0.15, 0.2) is 0 Å². The van der Waals surface area contributed by atoms with Gasteiger partial charge in [0, 0.05) is 32.4 Å². The second-order valence-corrected chi connectivity index (χ2v) is 7.07. The first-order valence-electron chi connectivity index (χ1n) is 10.2. The molecular formula is C20H36N2O3. The van der Waals surface area contributed by atoms with Gasteiger partial charge in [0.05, 0.1) is 0 Å². The molecule has 1 aliphatic heterocycles. The average Bonchev–Trinajstić information content (AvgIpc) is 2.91. The standard InChI is InChI=1S/C20H36N2O3/c1-2-3-4-5-6-7-8-9-10-11-12-13-18(23)21-16-17-22-19(24)14-15-20(22)25/h2-17H2,1H3,(H,21,23). The molecule has 0 aromatic carbocycles. The summed E-state index contributed by atoms with van der Waals surface area (Å²) in [7, 11) is 0. The van der Waals surface area contributed by atoms with Crippen LogP contribution < -0.4 is 5.32 Å². The Hall–Kier alpha value is -1.39. The zero-order valence-corrected chi connectivity index (χ0v) is 16.0. The van der Waals surface area contributed by atoms with E-state index in [1.54, 1.807) is 0 Å². The van der Waals surface area contributed by atoms with E-state index in [1.165, 1.54) is 62.7 Å². The minimum atomic E-state index is -0.121. The largest absolute Gasteiger partial charge is 0.354 e. The molecule has 0 unspecified atom stereocenters. The first-order valence-corrected chi connectivity index (χ1v) is 10.2. The van der Waals surface area contributed by atoms with Gasteiger partial charge in [-0.15, -0.1) is 0 Å². The summed E-state index contributed by atoms with van der Waals surface area (Å²) in [5.41, 5.74) is 0. The maximum Gasteiger partial charge on any atom is 0.229 e. The molecule has 5 heteroatoms. The van der Waals surface area contributed by atoms with E-state index in [2.05, 4.69) is 12.2 Å². The molecule has 5 nitrogen and oxygen atoms in total. The molecule has 0 bridgehead atoms. The molecule has 0 aliphatic carbocycles. The number of rotatable bonds is 15. The minimum Gasteiger partial charge on any atom is -0.354 e. The highest BCUT2D eigenvalue weighted by Crippen LogP contribution is 2.12. The summed E-state index contributed by atoms with van der Waals surface area (Å²) in [5.74, 6) is -0.218. The van der Waals surface area contributed by atoms with Gasteiger partial charge >= 0.3 is 0 Å². The lowest BCUT2D eigenvalue weighted by molar-refractivity contribution is -0.138. The Balaban J connectivity index is 1.86. The van der Waals surface area contributed by atoms with Crippen molar-refractivity contribution in [2.24, 2.45) is 0 Å². The lowest BCUT2D eigenvalue weighted by atomic mass is 10.1. The Kier molecular flexibility index (Phi) is 12.0. The molecule has 0 aromatic rings. The molecule has 25 heavy (non-hydrogen) atoms. The van der Waals surface area contributed by atoms with Gasteiger partial charge in [-0.1, -0.05) is 71.1 Å². The monoisotopic (exact) mass is 352 g/mol. The molecule has 1 rings (SSSR count). The van der Waals surface area contributed by atoms with Gasteiger partial charge in [0.2, 0.25) is 17.7 Å². The van der Waals surface area contributed by atoms with E-state index in [-0.39, 0.29) is 17.7 Å². The van der Waals surface area contributed by atoms with Crippen LogP contribution in [0.5, 0.6) is 0 Å². The van der Waals surface area contributed by atoms with E-state index in [9.17, 15) is 14.4 Å². The predicted octanol–water partition coefficient (Wildman–Crippen LogP) is 3.95. The van der Waals surface area contributed by atoms with E-state index in [1.807, 2.05) is 0 Å². The topological polar surface area (TPSA) is 66.5 Å². The maximum atomic E-state index is 11.7. The van der Waals surface area contributed by atoms with Gasteiger partial charge in [0.1, 0.15) is 0 Å². The van der Waals surface area contributed by atoms with Gasteiger partial charge in [-0.25, -0.2) is 0 Å². The third-order valence-electron chi connectivity index (χ3n) is 4.82. The number of carbonyl (C=O) groups is 3. The number of unbranched alkanes of at least 4 members (excludes halogenated alkanes) is 10. The summed E-state index contributed by atoms with van der Waals surface area (Å²) in [6, 6.07) is 0. The van der Waals surface area contributed by atoms with E-state index >= 15 is 0 Å². The van der Waals surface area contributed by atoms with E-state index in [0.29, 0.717) is 32.4 Å². The summed E-state index contributed by atoms with van der Waals surface area (Å²) in [5, 5.41) is 2.80. The van der Waals surface area contributed by atoms with Crippen LogP contribution in [0.3, 0.4) is 0 Å². The zero-order chi connectivity index (χ0) is 18.3. The number of hydrogen-bond donors (Lipinski definition) is 1. The quantitative estimate of drug-likeness (QED) is 0.358. The molecule has 1 saturated heterocycles. The van der Waals surface area contributed by atoms with Crippen molar-refractivity contribution in [3.05, 3.63) is 0 Å². The molecule has 3 amide bonds. The van der Waals surface area contributed by atoms with E-state index in [0.717, 1.165) is 12.8 Å². The fourth-order valence-corrected chi connectivity index (χ4v) is 3.22. The van der Waals surface area contributed by atoms with Crippen LogP contribution in [0.1, 0.15) is 96.8 Å². The van der Waals surface area contributed by atoms with Gasteiger partial charge < -0.3 is 5.32 Å². The number of carbonyl (C=O) groups excluding carboxylic acids is 3. The zero-order valence-electron chi connectivity index (χ0n) is 16.0. The summed E-state index contributed by atoms with van der Waals surface area (Å²) < 4.78 is 0. The van der Waals surface area contributed by atoms with Crippen LogP contribution in [0, 0.1) is 0 Å². The first kappa shape index (κ1) is 21.7. The van der Waals surface area contributed by atoms with Crippen molar-refractivity contribution in [1.29, 1.82) is 0 Å². The smallest absolute Gasteiger partial charge is 0.229 e. The Morgan fingerprint density at radius 2 is 1.32 bits per heavy atom. The number of nitrogens with one attached hydrogen (secondary N) is 1. The average molecular weight is 353 g/mol. The van der Waals surface area contributed by atoms with Crippen LogP contribution >= 0.6 is 0 Å². The highest BCUT2D eigenvalue weighted by Gasteiger charge is 2.28. The molecule has 0 atom stereocenters. The molecule has 0 spiro atoms. The molecule has 0 aromatic heterocycles. The van der Waals surface area contributed by atoms with Crippen molar-refractivity contribution in [3.63, 3.8) is 0 Å². The minimum absolute atomic E-state index is 0.0232. The highest BCUT2D eigenvalue weighted by molar-refractivity contribution is 6.01. The maximum absolute atomic E-state index is 11.7. The van der Waals surface area contributed by atoms with Crippen LogP contribution in [0.2, 0.25) is 0 Å². The molecule has 144 valence electrons. The van der Waals surface area contributed by atoms with Crippen LogP contribution in [-0.2, 0) is 14.4 Å². The number of amides is 3. The molecule has 1 heterocycles. The van der Waals surface area contributed by atoms with Crippen molar-refractivity contribution in [1.82, 2.24) is 10.2 Å². The summed E-state index contributed by atoms with van der Waals surface area (Å²) in [6.45, 7) is 2.92. The second-order valence-electron chi connectivity index (χ2n) is 7.07. The summed E-state index contributed by atoms with van der Waals surface area (Å²) in [6.07, 6.45) is 15.1. The third-order valence-corrected chi connectivity index (χ3v) is 4.82. The van der Waals surface area contributed by atoms with Crippen molar-refractivity contribution in [2.75, 3.05) is 13.1 Å². The Morgan fingerprint density at radius 1 is 0.840 bits per heavy atom. The number of imide groups is 1. The fourth-order valence-electron chi connectivity index (χ4n) is 3.22. The molecule has 1 N–H and O–H groups in total. The van der Waals surface area contributed by atoms with Gasteiger partial charge in [-0.05, 0) is 6.42 Å². The van der Waals surface area contributed by atoms with E-state index < -0.39 is 0 Å². The van der Waals surface area contributed by atoms with Crippen LogP contribution in [0.4, 0.5) is 0 Å². The van der Waals surface area contributed by atoms with Gasteiger partial charge in [-0.3, -0.25) is 19.3 Å². The molecule has 0 saturated carbocycles. The predicted molar refractivity (Wildman–Crippen MR) is 100 cm³/mol. The van der Waals surface area contributed by atoms with Gasteiger partial charge in [0.25, 0.3) is 0 Å². The van der Waals surface area contributed by atoms with Crippen molar-refractivity contribution in [2.45, 2.75) is 96.8 Å². The molecular weight excluding hydrogens is 316 g/mol. The first-order chi connectivity index (χ1) is 12.1. The van der Waals surface area contributed by atoms with Crippen molar-refractivity contribution in [3.8, 4) is 0 Å². The second kappa shape index (κ2) is 13.9. The lowest BCUT2D eigenvalue weighted by Gasteiger charge is -2.13. The highest BCUT2D eigenvalue weighted by atomic mass is 16.2. The normalized spacial score (nSPS) is 14.4. The van der Waals surface area contributed by atoms with Crippen LogP contribution in [-0.4, -0.2) is 35.7 Å². The third kappa shape index (κ3) is 10.3. The molecule has 1 aliphatic rings.